The Hall–Kier alpha value is -1.42. The van der Waals surface area contributed by atoms with Crippen LogP contribution in [0.25, 0.3) is 11.0 Å². The van der Waals surface area contributed by atoms with Gasteiger partial charge in [-0.15, -0.1) is 0 Å². The van der Waals surface area contributed by atoms with E-state index in [2.05, 4.69) is 30.1 Å². The molecule has 0 fully saturated rings. The molecule has 1 aromatic heterocycles. The zero-order valence-corrected chi connectivity index (χ0v) is 11.3. The Labute approximate surface area is 113 Å². The molecule has 19 heavy (non-hydrogen) atoms. The van der Waals surface area contributed by atoms with Crippen molar-refractivity contribution in [3.63, 3.8) is 0 Å². The van der Waals surface area contributed by atoms with Crippen LogP contribution in [-0.2, 0) is 10.1 Å². The third kappa shape index (κ3) is 2.95. The summed E-state index contributed by atoms with van der Waals surface area (Å²) < 4.78 is 62.5. The van der Waals surface area contributed by atoms with Gasteiger partial charge in [0.05, 0.1) is 17.2 Å². The fraction of sp³-hybridized carbons (Fsp3) is 0.111. The van der Waals surface area contributed by atoms with Crippen LogP contribution in [0.1, 0.15) is 0 Å². The van der Waals surface area contributed by atoms with Gasteiger partial charge in [-0.05, 0) is 18.2 Å². The highest BCUT2D eigenvalue weighted by Gasteiger charge is 2.48. The number of aromatic nitrogens is 2. The summed E-state index contributed by atoms with van der Waals surface area (Å²) in [6.07, 6.45) is 0.804. The fourth-order valence-corrected chi connectivity index (χ4v) is 1.92. The maximum absolute atomic E-state index is 12.1. The number of alkyl halides is 3. The Morgan fingerprint density at radius 3 is 2.53 bits per heavy atom. The molecule has 2 rings (SSSR count). The Morgan fingerprint density at radius 2 is 1.89 bits per heavy atom. The van der Waals surface area contributed by atoms with E-state index in [1.807, 2.05) is 0 Å². The molecule has 0 bridgehead atoms. The van der Waals surface area contributed by atoms with Crippen LogP contribution in [0.3, 0.4) is 0 Å². The Balaban J connectivity index is 2.40. The van der Waals surface area contributed by atoms with Crippen molar-refractivity contribution in [1.29, 1.82) is 0 Å². The van der Waals surface area contributed by atoms with Crippen LogP contribution >= 0.6 is 15.9 Å². The predicted octanol–water partition coefficient (Wildman–Crippen LogP) is 2.62. The first-order valence-electron chi connectivity index (χ1n) is 4.62. The lowest BCUT2D eigenvalue weighted by molar-refractivity contribution is -0.0501. The van der Waals surface area contributed by atoms with Crippen LogP contribution in [0.4, 0.5) is 13.2 Å². The van der Waals surface area contributed by atoms with Gasteiger partial charge in [0.15, 0.2) is 0 Å². The second-order valence-corrected chi connectivity index (χ2v) is 5.78. The van der Waals surface area contributed by atoms with E-state index in [4.69, 9.17) is 0 Å². The average molecular weight is 357 g/mol. The lowest BCUT2D eigenvalue weighted by Gasteiger charge is -2.08. The molecule has 0 atom stereocenters. The molecule has 0 amide bonds. The van der Waals surface area contributed by atoms with Gasteiger partial charge in [-0.3, -0.25) is 0 Å². The van der Waals surface area contributed by atoms with Gasteiger partial charge in [0.1, 0.15) is 0 Å². The van der Waals surface area contributed by atoms with Crippen LogP contribution in [0, 0.1) is 0 Å². The normalized spacial score (nSPS) is 12.6. The summed E-state index contributed by atoms with van der Waals surface area (Å²) in [6, 6.07) is 4.61. The van der Waals surface area contributed by atoms with Crippen molar-refractivity contribution < 1.29 is 25.8 Å². The molecule has 0 saturated heterocycles. The van der Waals surface area contributed by atoms with Crippen LogP contribution in [0.5, 0.6) is 5.88 Å². The number of halogens is 4. The number of nitrogens with zero attached hydrogens (tertiary/aromatic N) is 2. The second-order valence-electron chi connectivity index (χ2n) is 3.32. The monoisotopic (exact) mass is 356 g/mol. The van der Waals surface area contributed by atoms with Crippen molar-refractivity contribution in [1.82, 2.24) is 9.97 Å². The second kappa shape index (κ2) is 4.60. The smallest absolute Gasteiger partial charge is 0.354 e. The molecular formula is C9H4BrF3N2O3S. The summed E-state index contributed by atoms with van der Waals surface area (Å²) in [7, 11) is -5.74. The topological polar surface area (TPSA) is 69.2 Å². The molecule has 0 saturated carbocycles. The summed E-state index contributed by atoms with van der Waals surface area (Å²) in [5.74, 6) is -0.743. The number of hydrogen-bond donors (Lipinski definition) is 0. The lowest BCUT2D eigenvalue weighted by atomic mass is 10.3. The molecule has 1 heterocycles. The fourth-order valence-electron chi connectivity index (χ4n) is 1.17. The zero-order valence-electron chi connectivity index (χ0n) is 8.85. The molecular weight excluding hydrogens is 353 g/mol. The molecule has 0 aliphatic heterocycles. The maximum Gasteiger partial charge on any atom is 0.534 e. The molecule has 102 valence electrons. The molecule has 0 N–H and O–H groups in total. The summed E-state index contributed by atoms with van der Waals surface area (Å²) >= 11 is 3.18. The van der Waals surface area contributed by atoms with E-state index in [9.17, 15) is 21.6 Å². The van der Waals surface area contributed by atoms with Crippen molar-refractivity contribution in [3.05, 3.63) is 28.9 Å². The minimum Gasteiger partial charge on any atom is -0.354 e. The summed E-state index contributed by atoms with van der Waals surface area (Å²) in [6.45, 7) is 0. The molecule has 2 aromatic rings. The Kier molecular flexibility index (Phi) is 3.39. The zero-order chi connectivity index (χ0) is 14.3. The van der Waals surface area contributed by atoms with Gasteiger partial charge in [-0.1, -0.05) is 15.9 Å². The van der Waals surface area contributed by atoms with Crippen molar-refractivity contribution >= 4 is 37.1 Å². The molecule has 0 aliphatic carbocycles. The first kappa shape index (κ1) is 14.0. The van der Waals surface area contributed by atoms with E-state index in [1.165, 1.54) is 6.07 Å². The quantitative estimate of drug-likeness (QED) is 0.611. The maximum atomic E-state index is 12.1. The van der Waals surface area contributed by atoms with E-state index in [0.29, 0.717) is 9.99 Å². The van der Waals surface area contributed by atoms with Gasteiger partial charge in [-0.2, -0.15) is 21.6 Å². The van der Waals surface area contributed by atoms with E-state index in [0.717, 1.165) is 6.20 Å². The van der Waals surface area contributed by atoms with Gasteiger partial charge in [0.2, 0.25) is 0 Å². The molecule has 0 radical (unpaired) electrons. The Morgan fingerprint density at radius 1 is 1.21 bits per heavy atom. The van der Waals surface area contributed by atoms with E-state index < -0.39 is 21.5 Å². The van der Waals surface area contributed by atoms with Crippen LogP contribution in [0.15, 0.2) is 28.9 Å². The van der Waals surface area contributed by atoms with Crippen molar-refractivity contribution in [2.75, 3.05) is 0 Å². The van der Waals surface area contributed by atoms with Gasteiger partial charge in [0, 0.05) is 4.47 Å². The first-order valence-corrected chi connectivity index (χ1v) is 6.82. The molecule has 0 aliphatic rings. The predicted molar refractivity (Wildman–Crippen MR) is 62.8 cm³/mol. The van der Waals surface area contributed by atoms with E-state index in [-0.39, 0.29) is 5.52 Å². The number of benzene rings is 1. The van der Waals surface area contributed by atoms with Crippen LogP contribution < -0.4 is 4.18 Å². The summed E-state index contributed by atoms with van der Waals surface area (Å²) in [5, 5.41) is 0. The summed E-state index contributed by atoms with van der Waals surface area (Å²) in [5.41, 5.74) is -4.92. The van der Waals surface area contributed by atoms with Gasteiger partial charge in [0.25, 0.3) is 5.88 Å². The average Bonchev–Trinajstić information content (AvgIpc) is 2.27. The number of fused-ring (bicyclic) bond motifs is 1. The highest BCUT2D eigenvalue weighted by molar-refractivity contribution is 9.10. The highest BCUT2D eigenvalue weighted by Crippen LogP contribution is 2.26. The minimum absolute atomic E-state index is 0.207. The molecule has 0 unspecified atom stereocenters. The van der Waals surface area contributed by atoms with Gasteiger partial charge in [-0.25, -0.2) is 9.97 Å². The summed E-state index contributed by atoms with van der Waals surface area (Å²) in [4.78, 5) is 7.39. The van der Waals surface area contributed by atoms with Gasteiger partial charge >= 0.3 is 15.6 Å². The molecule has 5 nitrogen and oxygen atoms in total. The van der Waals surface area contributed by atoms with Crippen LogP contribution in [-0.4, -0.2) is 23.9 Å². The Bertz CT molecular complexity index is 733. The van der Waals surface area contributed by atoms with Crippen LogP contribution in [0.2, 0.25) is 0 Å². The third-order valence-corrected chi connectivity index (χ3v) is 3.41. The molecule has 1 aromatic carbocycles. The standard InChI is InChI=1S/C9H4BrF3N2O3S/c10-5-1-2-6-7(3-5)14-4-8(15-6)18-19(16,17)9(11,12)13/h1-4H. The minimum atomic E-state index is -5.74. The molecule has 0 spiro atoms. The highest BCUT2D eigenvalue weighted by atomic mass is 79.9. The number of hydrogen-bond acceptors (Lipinski definition) is 5. The van der Waals surface area contributed by atoms with Crippen molar-refractivity contribution in [3.8, 4) is 5.88 Å². The SMILES string of the molecule is O=S(=O)(Oc1cnc2cc(Br)ccc2n1)C(F)(F)F. The van der Waals surface area contributed by atoms with E-state index >= 15 is 0 Å². The first-order chi connectivity index (χ1) is 8.69. The van der Waals surface area contributed by atoms with Crippen molar-refractivity contribution in [2.45, 2.75) is 5.51 Å². The van der Waals surface area contributed by atoms with E-state index in [1.54, 1.807) is 12.1 Å². The number of rotatable bonds is 2. The third-order valence-electron chi connectivity index (χ3n) is 1.96. The lowest BCUT2D eigenvalue weighted by Crippen LogP contribution is -2.28. The molecule has 10 heteroatoms. The van der Waals surface area contributed by atoms with Crippen molar-refractivity contribution in [2.24, 2.45) is 0 Å². The largest absolute Gasteiger partial charge is 0.534 e. The van der Waals surface area contributed by atoms with Gasteiger partial charge < -0.3 is 4.18 Å².